The van der Waals surface area contributed by atoms with Gasteiger partial charge in [0.25, 0.3) is 0 Å². The van der Waals surface area contributed by atoms with Gasteiger partial charge in [-0.3, -0.25) is 9.97 Å². The first kappa shape index (κ1) is 12.8. The second kappa shape index (κ2) is 5.43. The van der Waals surface area contributed by atoms with Gasteiger partial charge in [0, 0.05) is 29.6 Å². The molecular formula is C15H11ClFN3. The van der Waals surface area contributed by atoms with Crippen LogP contribution in [0, 0.1) is 5.82 Å². The van der Waals surface area contributed by atoms with Gasteiger partial charge in [-0.05, 0) is 35.9 Å². The van der Waals surface area contributed by atoms with Gasteiger partial charge in [-0.1, -0.05) is 17.7 Å². The Labute approximate surface area is 120 Å². The molecule has 0 spiro atoms. The summed E-state index contributed by atoms with van der Waals surface area (Å²) in [4.78, 5) is 8.46. The number of fused-ring (bicyclic) bond motifs is 1. The smallest absolute Gasteiger partial charge is 0.124 e. The predicted molar refractivity (Wildman–Crippen MR) is 78.3 cm³/mol. The quantitative estimate of drug-likeness (QED) is 0.790. The fraction of sp³-hybridized carbons (Fsp3) is 0.0667. The van der Waals surface area contributed by atoms with Crippen molar-refractivity contribution >= 4 is 28.3 Å². The third-order valence-electron chi connectivity index (χ3n) is 2.97. The van der Waals surface area contributed by atoms with E-state index in [9.17, 15) is 4.39 Å². The van der Waals surface area contributed by atoms with Crippen LogP contribution >= 0.6 is 11.6 Å². The molecule has 1 heterocycles. The third-order valence-corrected chi connectivity index (χ3v) is 3.32. The predicted octanol–water partition coefficient (Wildman–Crippen LogP) is 4.03. The normalized spacial score (nSPS) is 10.7. The van der Waals surface area contributed by atoms with Crippen molar-refractivity contribution in [2.75, 3.05) is 5.32 Å². The lowest BCUT2D eigenvalue weighted by Gasteiger charge is -2.08. The molecule has 0 fully saturated rings. The lowest BCUT2D eigenvalue weighted by Crippen LogP contribution is -2.00. The Hall–Kier alpha value is -2.20. The van der Waals surface area contributed by atoms with Crippen molar-refractivity contribution in [3.8, 4) is 0 Å². The van der Waals surface area contributed by atoms with E-state index in [0.29, 0.717) is 11.6 Å². The molecule has 5 heteroatoms. The minimum Gasteiger partial charge on any atom is -0.381 e. The number of hydrogen-bond acceptors (Lipinski definition) is 3. The number of halogens is 2. The average molecular weight is 288 g/mol. The van der Waals surface area contributed by atoms with Crippen LogP contribution in [0.2, 0.25) is 5.02 Å². The molecule has 3 rings (SSSR count). The van der Waals surface area contributed by atoms with Crippen LogP contribution in [0.25, 0.3) is 11.0 Å². The maximum atomic E-state index is 13.0. The van der Waals surface area contributed by atoms with E-state index >= 15 is 0 Å². The van der Waals surface area contributed by atoms with Crippen molar-refractivity contribution in [1.29, 1.82) is 0 Å². The highest BCUT2D eigenvalue weighted by atomic mass is 35.5. The second-order valence-corrected chi connectivity index (χ2v) is 4.76. The molecule has 2 aromatic carbocycles. The Kier molecular flexibility index (Phi) is 3.48. The van der Waals surface area contributed by atoms with Crippen LogP contribution in [0.4, 0.5) is 10.1 Å². The standard InChI is InChI=1S/C15H11ClFN3/c16-13-7-11(17)2-1-10(13)9-20-12-3-4-14-15(8-12)19-6-5-18-14/h1-8,20H,9H2. The topological polar surface area (TPSA) is 37.8 Å². The summed E-state index contributed by atoms with van der Waals surface area (Å²) in [7, 11) is 0. The Morgan fingerprint density at radius 1 is 1.00 bits per heavy atom. The molecule has 20 heavy (non-hydrogen) atoms. The van der Waals surface area contributed by atoms with Gasteiger partial charge in [0.2, 0.25) is 0 Å². The van der Waals surface area contributed by atoms with Crippen LogP contribution in [0.15, 0.2) is 48.8 Å². The molecule has 0 atom stereocenters. The van der Waals surface area contributed by atoms with E-state index in [1.54, 1.807) is 18.5 Å². The number of nitrogens with zero attached hydrogens (tertiary/aromatic N) is 2. The number of nitrogens with one attached hydrogen (secondary N) is 1. The summed E-state index contributed by atoms with van der Waals surface area (Å²) in [5, 5.41) is 3.65. The van der Waals surface area contributed by atoms with Crippen molar-refractivity contribution in [2.45, 2.75) is 6.54 Å². The van der Waals surface area contributed by atoms with Gasteiger partial charge in [-0.2, -0.15) is 0 Å². The first-order valence-corrected chi connectivity index (χ1v) is 6.49. The first-order chi connectivity index (χ1) is 9.72. The molecule has 100 valence electrons. The Bertz CT molecular complexity index is 761. The fourth-order valence-electron chi connectivity index (χ4n) is 1.94. The summed E-state index contributed by atoms with van der Waals surface area (Å²) in [5.74, 6) is -0.334. The number of aromatic nitrogens is 2. The molecule has 3 aromatic rings. The summed E-state index contributed by atoms with van der Waals surface area (Å²) in [6.45, 7) is 0.519. The van der Waals surface area contributed by atoms with Gasteiger partial charge in [0.05, 0.1) is 11.0 Å². The highest BCUT2D eigenvalue weighted by Crippen LogP contribution is 2.20. The van der Waals surface area contributed by atoms with E-state index in [4.69, 9.17) is 11.6 Å². The number of hydrogen-bond donors (Lipinski definition) is 1. The highest BCUT2D eigenvalue weighted by Gasteiger charge is 2.03. The SMILES string of the molecule is Fc1ccc(CNc2ccc3nccnc3c2)c(Cl)c1. The Morgan fingerprint density at radius 2 is 1.80 bits per heavy atom. The zero-order valence-corrected chi connectivity index (χ0v) is 11.2. The maximum Gasteiger partial charge on any atom is 0.124 e. The van der Waals surface area contributed by atoms with Crippen LogP contribution in [0.5, 0.6) is 0 Å². The van der Waals surface area contributed by atoms with Gasteiger partial charge in [0.1, 0.15) is 5.82 Å². The molecule has 0 radical (unpaired) electrons. The highest BCUT2D eigenvalue weighted by molar-refractivity contribution is 6.31. The minimum atomic E-state index is -0.334. The van der Waals surface area contributed by atoms with E-state index in [1.807, 2.05) is 18.2 Å². The van der Waals surface area contributed by atoms with Crippen molar-refractivity contribution in [2.24, 2.45) is 0 Å². The lowest BCUT2D eigenvalue weighted by atomic mass is 10.2. The molecule has 0 unspecified atom stereocenters. The Morgan fingerprint density at radius 3 is 2.60 bits per heavy atom. The summed E-state index contributed by atoms with van der Waals surface area (Å²) >= 11 is 5.99. The summed E-state index contributed by atoms with van der Waals surface area (Å²) in [6, 6.07) is 10.1. The minimum absolute atomic E-state index is 0.334. The van der Waals surface area contributed by atoms with E-state index < -0.39 is 0 Å². The zero-order valence-electron chi connectivity index (χ0n) is 10.5. The molecule has 0 aliphatic carbocycles. The van der Waals surface area contributed by atoms with E-state index in [2.05, 4.69) is 15.3 Å². The fourth-order valence-corrected chi connectivity index (χ4v) is 2.17. The molecule has 0 saturated carbocycles. The van der Waals surface area contributed by atoms with Crippen LogP contribution in [-0.2, 0) is 6.54 Å². The molecule has 3 nitrogen and oxygen atoms in total. The molecule has 0 aliphatic rings. The van der Waals surface area contributed by atoms with Crippen molar-refractivity contribution in [1.82, 2.24) is 9.97 Å². The van der Waals surface area contributed by atoms with E-state index in [-0.39, 0.29) is 5.82 Å². The first-order valence-electron chi connectivity index (χ1n) is 6.11. The lowest BCUT2D eigenvalue weighted by molar-refractivity contribution is 0.627. The van der Waals surface area contributed by atoms with Gasteiger partial charge in [0.15, 0.2) is 0 Å². The summed E-state index contributed by atoms with van der Waals surface area (Å²) in [6.07, 6.45) is 3.32. The van der Waals surface area contributed by atoms with Gasteiger partial charge < -0.3 is 5.32 Å². The second-order valence-electron chi connectivity index (χ2n) is 4.35. The average Bonchev–Trinajstić information content (AvgIpc) is 2.46. The molecule has 1 aromatic heterocycles. The van der Waals surface area contributed by atoms with Crippen molar-refractivity contribution < 1.29 is 4.39 Å². The largest absolute Gasteiger partial charge is 0.381 e. The molecule has 1 N–H and O–H groups in total. The van der Waals surface area contributed by atoms with Crippen molar-refractivity contribution in [3.63, 3.8) is 0 Å². The summed E-state index contributed by atoms with van der Waals surface area (Å²) < 4.78 is 13.0. The Balaban J connectivity index is 1.79. The van der Waals surface area contributed by atoms with Crippen LogP contribution < -0.4 is 5.32 Å². The van der Waals surface area contributed by atoms with Crippen LogP contribution in [0.3, 0.4) is 0 Å². The van der Waals surface area contributed by atoms with E-state index in [1.165, 1.54) is 12.1 Å². The molecular weight excluding hydrogens is 277 g/mol. The monoisotopic (exact) mass is 287 g/mol. The van der Waals surface area contributed by atoms with Gasteiger partial charge in [-0.15, -0.1) is 0 Å². The molecule has 0 amide bonds. The molecule has 0 saturated heterocycles. The summed E-state index contributed by atoms with van der Waals surface area (Å²) in [5.41, 5.74) is 3.42. The van der Waals surface area contributed by atoms with Crippen LogP contribution in [-0.4, -0.2) is 9.97 Å². The number of rotatable bonds is 3. The zero-order chi connectivity index (χ0) is 13.9. The van der Waals surface area contributed by atoms with E-state index in [0.717, 1.165) is 22.3 Å². The number of benzene rings is 2. The maximum absolute atomic E-state index is 13.0. The van der Waals surface area contributed by atoms with Crippen LogP contribution in [0.1, 0.15) is 5.56 Å². The van der Waals surface area contributed by atoms with Gasteiger partial charge in [-0.25, -0.2) is 4.39 Å². The van der Waals surface area contributed by atoms with Gasteiger partial charge >= 0.3 is 0 Å². The third kappa shape index (κ3) is 2.70. The van der Waals surface area contributed by atoms with Crippen molar-refractivity contribution in [3.05, 3.63) is 65.2 Å². The molecule has 0 bridgehead atoms. The number of anilines is 1. The molecule has 0 aliphatic heterocycles.